The number of amides is 1. The molecule has 3 fully saturated rings. The molecular formula is C22H28N2O. The number of carbonyl (C=O) groups excluding carboxylic acids is 1. The van der Waals surface area contributed by atoms with Crippen molar-refractivity contribution in [2.24, 2.45) is 23.2 Å². The number of aromatic nitrogens is 1. The molecule has 132 valence electrons. The second kappa shape index (κ2) is 5.96. The lowest BCUT2D eigenvalue weighted by Gasteiger charge is -2.37. The Kier molecular flexibility index (Phi) is 3.72. The Morgan fingerprint density at radius 2 is 1.88 bits per heavy atom. The number of pyridine rings is 1. The monoisotopic (exact) mass is 336 g/mol. The van der Waals surface area contributed by atoms with E-state index in [0.29, 0.717) is 29.2 Å². The number of hydrogen-bond acceptors (Lipinski definition) is 2. The van der Waals surface area contributed by atoms with Gasteiger partial charge in [-0.05, 0) is 67.1 Å². The number of rotatable bonds is 4. The highest BCUT2D eigenvalue weighted by Crippen LogP contribution is 2.70. The zero-order valence-electron chi connectivity index (χ0n) is 14.9. The predicted octanol–water partition coefficient (Wildman–Crippen LogP) is 4.35. The van der Waals surface area contributed by atoms with Crippen molar-refractivity contribution < 1.29 is 4.79 Å². The zero-order chi connectivity index (χ0) is 16.9. The molecule has 0 aromatic carbocycles. The lowest BCUT2D eigenvalue weighted by Crippen LogP contribution is -2.45. The highest BCUT2D eigenvalue weighted by Gasteiger charge is 2.64. The lowest BCUT2D eigenvalue weighted by atomic mass is 9.86. The molecule has 1 aromatic rings. The normalized spacial score (nSPS) is 32.2. The van der Waals surface area contributed by atoms with Gasteiger partial charge in [0.1, 0.15) is 0 Å². The third kappa shape index (κ3) is 2.54. The first kappa shape index (κ1) is 15.6. The average molecular weight is 336 g/mol. The summed E-state index contributed by atoms with van der Waals surface area (Å²) in [5.41, 5.74) is 1.71. The highest BCUT2D eigenvalue weighted by molar-refractivity contribution is 5.81. The first-order valence-corrected chi connectivity index (χ1v) is 10.2. The summed E-state index contributed by atoms with van der Waals surface area (Å²) in [6, 6.07) is 4.56. The van der Waals surface area contributed by atoms with Gasteiger partial charge in [-0.15, -0.1) is 0 Å². The van der Waals surface area contributed by atoms with Crippen molar-refractivity contribution in [3.8, 4) is 0 Å². The van der Waals surface area contributed by atoms with Crippen molar-refractivity contribution in [1.29, 1.82) is 0 Å². The molecule has 0 radical (unpaired) electrons. The van der Waals surface area contributed by atoms with Crippen LogP contribution in [0.5, 0.6) is 0 Å². The Hall–Kier alpha value is -1.64. The molecular weight excluding hydrogens is 308 g/mol. The first-order valence-electron chi connectivity index (χ1n) is 10.2. The quantitative estimate of drug-likeness (QED) is 0.766. The van der Waals surface area contributed by atoms with E-state index in [2.05, 4.69) is 34.2 Å². The summed E-state index contributed by atoms with van der Waals surface area (Å²) in [4.78, 5) is 20.0. The van der Waals surface area contributed by atoms with Gasteiger partial charge in [0.15, 0.2) is 0 Å². The predicted molar refractivity (Wildman–Crippen MR) is 97.6 cm³/mol. The van der Waals surface area contributed by atoms with E-state index < -0.39 is 0 Å². The minimum absolute atomic E-state index is 0.237. The average Bonchev–Trinajstić information content (AvgIpc) is 3.34. The van der Waals surface area contributed by atoms with Crippen LogP contribution >= 0.6 is 0 Å². The van der Waals surface area contributed by atoms with Gasteiger partial charge in [0, 0.05) is 30.9 Å². The van der Waals surface area contributed by atoms with E-state index in [1.165, 1.54) is 50.5 Å². The van der Waals surface area contributed by atoms with Crippen molar-refractivity contribution in [2.75, 3.05) is 0 Å². The van der Waals surface area contributed by atoms with E-state index in [-0.39, 0.29) is 5.92 Å². The van der Waals surface area contributed by atoms with E-state index in [9.17, 15) is 4.79 Å². The van der Waals surface area contributed by atoms with Gasteiger partial charge in [-0.3, -0.25) is 9.78 Å². The SMILES string of the molecule is O=C([C@H]1C[C@H]2C=C[C@H]1C21CC1)N(Cc1ccncc1)C1CCCCC1. The Labute approximate surface area is 150 Å². The van der Waals surface area contributed by atoms with Gasteiger partial charge in [0.05, 0.1) is 0 Å². The molecule has 1 aromatic heterocycles. The Morgan fingerprint density at radius 1 is 1.12 bits per heavy atom. The maximum atomic E-state index is 13.6. The zero-order valence-corrected chi connectivity index (χ0v) is 14.9. The van der Waals surface area contributed by atoms with Crippen molar-refractivity contribution in [2.45, 2.75) is 64.0 Å². The molecule has 4 aliphatic carbocycles. The summed E-state index contributed by atoms with van der Waals surface area (Å²) < 4.78 is 0. The Morgan fingerprint density at radius 3 is 2.56 bits per heavy atom. The van der Waals surface area contributed by atoms with E-state index >= 15 is 0 Å². The van der Waals surface area contributed by atoms with Crippen LogP contribution in [0.15, 0.2) is 36.7 Å². The topological polar surface area (TPSA) is 33.2 Å². The summed E-state index contributed by atoms with van der Waals surface area (Å²) in [6.07, 6.45) is 18.5. The lowest BCUT2D eigenvalue weighted by molar-refractivity contribution is -0.140. The third-order valence-electron chi connectivity index (χ3n) is 7.44. The summed E-state index contributed by atoms with van der Waals surface area (Å²) in [7, 11) is 0. The van der Waals surface area contributed by atoms with Gasteiger partial charge in [0.2, 0.25) is 5.91 Å². The molecule has 0 saturated heterocycles. The second-order valence-corrected chi connectivity index (χ2v) is 8.71. The maximum Gasteiger partial charge on any atom is 0.226 e. The summed E-state index contributed by atoms with van der Waals surface area (Å²) in [5, 5.41) is 0. The molecule has 2 bridgehead atoms. The van der Waals surface area contributed by atoms with E-state index in [0.717, 1.165) is 13.0 Å². The van der Waals surface area contributed by atoms with Crippen LogP contribution in [0.1, 0.15) is 56.9 Å². The van der Waals surface area contributed by atoms with Crippen LogP contribution in [0, 0.1) is 23.2 Å². The van der Waals surface area contributed by atoms with Crippen LogP contribution in [0.2, 0.25) is 0 Å². The molecule has 0 unspecified atom stereocenters. The van der Waals surface area contributed by atoms with Gasteiger partial charge < -0.3 is 4.90 Å². The third-order valence-corrected chi connectivity index (χ3v) is 7.44. The van der Waals surface area contributed by atoms with E-state index in [1.54, 1.807) is 0 Å². The molecule has 25 heavy (non-hydrogen) atoms. The molecule has 1 amide bonds. The van der Waals surface area contributed by atoms with Crippen LogP contribution in [0.4, 0.5) is 0 Å². The van der Waals surface area contributed by atoms with Crippen LogP contribution in [0.25, 0.3) is 0 Å². The van der Waals surface area contributed by atoms with Crippen LogP contribution in [-0.2, 0) is 11.3 Å². The smallest absolute Gasteiger partial charge is 0.226 e. The van der Waals surface area contributed by atoms with Gasteiger partial charge >= 0.3 is 0 Å². The van der Waals surface area contributed by atoms with Gasteiger partial charge in [-0.2, -0.15) is 0 Å². The van der Waals surface area contributed by atoms with Crippen molar-refractivity contribution in [3.05, 3.63) is 42.2 Å². The summed E-state index contributed by atoms with van der Waals surface area (Å²) >= 11 is 0. The molecule has 0 aliphatic heterocycles. The fourth-order valence-electron chi connectivity index (χ4n) is 5.93. The fraction of sp³-hybridized carbons (Fsp3) is 0.636. The van der Waals surface area contributed by atoms with E-state index in [1.807, 2.05) is 12.4 Å². The molecule has 3 saturated carbocycles. The minimum atomic E-state index is 0.237. The van der Waals surface area contributed by atoms with Gasteiger partial charge in [0.25, 0.3) is 0 Å². The maximum absolute atomic E-state index is 13.6. The van der Waals surface area contributed by atoms with Gasteiger partial charge in [-0.1, -0.05) is 31.4 Å². The fourth-order valence-corrected chi connectivity index (χ4v) is 5.93. The molecule has 0 N–H and O–H groups in total. The highest BCUT2D eigenvalue weighted by atomic mass is 16.2. The second-order valence-electron chi connectivity index (χ2n) is 8.71. The Bertz CT molecular complexity index is 673. The number of carbonyl (C=O) groups is 1. The molecule has 3 nitrogen and oxygen atoms in total. The van der Waals surface area contributed by atoms with Crippen molar-refractivity contribution >= 4 is 5.91 Å². The van der Waals surface area contributed by atoms with Crippen molar-refractivity contribution in [3.63, 3.8) is 0 Å². The molecule has 5 rings (SSSR count). The first-order chi connectivity index (χ1) is 12.3. The number of hydrogen-bond donors (Lipinski definition) is 0. The van der Waals surface area contributed by atoms with Crippen molar-refractivity contribution in [1.82, 2.24) is 9.88 Å². The molecule has 1 heterocycles. The minimum Gasteiger partial charge on any atom is -0.335 e. The summed E-state index contributed by atoms with van der Waals surface area (Å²) in [6.45, 7) is 0.761. The molecule has 3 heteroatoms. The molecule has 4 aliphatic rings. The standard InChI is InChI=1S/C22H28N2O/c25-21(19-14-17-6-7-20(19)22(17)10-11-22)24(18-4-2-1-3-5-18)15-16-8-12-23-13-9-16/h6-9,12-13,17-20H,1-5,10-11,14-15H2/t17-,19+,20-/m1/s1. The molecule has 3 atom stereocenters. The van der Waals surface area contributed by atoms with Gasteiger partial charge in [-0.25, -0.2) is 0 Å². The number of nitrogens with zero attached hydrogens (tertiary/aromatic N) is 2. The van der Waals surface area contributed by atoms with Crippen LogP contribution < -0.4 is 0 Å². The number of allylic oxidation sites excluding steroid dienone is 2. The van der Waals surface area contributed by atoms with Crippen LogP contribution in [-0.4, -0.2) is 21.8 Å². The summed E-state index contributed by atoms with van der Waals surface area (Å²) in [5.74, 6) is 1.88. The Balaban J connectivity index is 1.39. The van der Waals surface area contributed by atoms with E-state index in [4.69, 9.17) is 0 Å². The largest absolute Gasteiger partial charge is 0.335 e. The molecule has 1 spiro atoms. The van der Waals surface area contributed by atoms with Crippen LogP contribution in [0.3, 0.4) is 0 Å².